The van der Waals surface area contributed by atoms with Crippen molar-refractivity contribution in [3.63, 3.8) is 0 Å². The SMILES string of the molecule is [C]1NCCn2nccc21. The zero-order valence-electron chi connectivity index (χ0n) is 4.96. The van der Waals surface area contributed by atoms with Crippen LogP contribution in [0.2, 0.25) is 0 Å². The lowest BCUT2D eigenvalue weighted by atomic mass is 10.3. The molecule has 0 atom stereocenters. The summed E-state index contributed by atoms with van der Waals surface area (Å²) >= 11 is 0. The molecule has 1 aliphatic rings. The number of aromatic nitrogens is 2. The van der Waals surface area contributed by atoms with Gasteiger partial charge in [0.05, 0.1) is 12.2 Å². The lowest BCUT2D eigenvalue weighted by Gasteiger charge is -2.12. The molecule has 0 unspecified atom stereocenters. The van der Waals surface area contributed by atoms with E-state index in [4.69, 9.17) is 0 Å². The van der Waals surface area contributed by atoms with Crippen molar-refractivity contribution >= 4 is 0 Å². The standard InChI is InChI=1S/C6H7N3/c1-2-8-9-4-3-7-5-6(1)9/h1-2,7H,3-4H2. The molecule has 2 heterocycles. The maximum absolute atomic E-state index is 4.07. The predicted octanol–water partition coefficient (Wildman–Crippen LogP) is -0.127. The molecule has 3 nitrogen and oxygen atoms in total. The summed E-state index contributed by atoms with van der Waals surface area (Å²) in [5.41, 5.74) is 1.04. The van der Waals surface area contributed by atoms with Crippen LogP contribution in [0, 0.1) is 6.54 Å². The minimum absolute atomic E-state index is 0.939. The van der Waals surface area contributed by atoms with E-state index in [2.05, 4.69) is 17.0 Å². The Morgan fingerprint density at radius 1 is 1.78 bits per heavy atom. The Kier molecular flexibility index (Phi) is 1.02. The van der Waals surface area contributed by atoms with Gasteiger partial charge in [-0.2, -0.15) is 5.10 Å². The van der Waals surface area contributed by atoms with Crippen molar-refractivity contribution in [2.24, 2.45) is 0 Å². The van der Waals surface area contributed by atoms with Crippen LogP contribution in [0.25, 0.3) is 0 Å². The average Bonchev–Trinajstić information content (AvgIpc) is 2.33. The van der Waals surface area contributed by atoms with E-state index in [1.165, 1.54) is 0 Å². The maximum Gasteiger partial charge on any atom is 0.114 e. The normalized spacial score (nSPS) is 17.3. The highest BCUT2D eigenvalue weighted by atomic mass is 15.3. The first kappa shape index (κ1) is 4.99. The Morgan fingerprint density at radius 3 is 3.67 bits per heavy atom. The van der Waals surface area contributed by atoms with Crippen LogP contribution in [-0.4, -0.2) is 16.3 Å². The molecule has 1 aliphatic heterocycles. The third kappa shape index (κ3) is 0.733. The van der Waals surface area contributed by atoms with Gasteiger partial charge in [0.15, 0.2) is 0 Å². The zero-order chi connectivity index (χ0) is 6.10. The van der Waals surface area contributed by atoms with Gasteiger partial charge in [0.2, 0.25) is 0 Å². The Labute approximate surface area is 53.7 Å². The Bertz CT molecular complexity index is 183. The summed E-state index contributed by atoms with van der Waals surface area (Å²) in [4.78, 5) is 0. The second-order valence-electron chi connectivity index (χ2n) is 1.99. The predicted molar refractivity (Wildman–Crippen MR) is 32.6 cm³/mol. The molecular weight excluding hydrogens is 114 g/mol. The van der Waals surface area contributed by atoms with E-state index in [0.29, 0.717) is 0 Å². The van der Waals surface area contributed by atoms with Gasteiger partial charge in [0, 0.05) is 12.7 Å². The summed E-state index contributed by atoms with van der Waals surface area (Å²) in [5.74, 6) is 0. The lowest BCUT2D eigenvalue weighted by Crippen LogP contribution is -2.26. The molecule has 2 rings (SSSR count). The van der Waals surface area contributed by atoms with Gasteiger partial charge in [-0.05, 0) is 6.07 Å². The van der Waals surface area contributed by atoms with Crippen molar-refractivity contribution in [1.82, 2.24) is 15.1 Å². The van der Waals surface area contributed by atoms with E-state index in [1.807, 2.05) is 10.7 Å². The van der Waals surface area contributed by atoms with E-state index in [1.54, 1.807) is 6.20 Å². The summed E-state index contributed by atoms with van der Waals surface area (Å²) in [6.07, 6.45) is 1.79. The molecule has 1 N–H and O–H groups in total. The fraction of sp³-hybridized carbons (Fsp3) is 0.333. The topological polar surface area (TPSA) is 29.9 Å². The van der Waals surface area contributed by atoms with Crippen molar-refractivity contribution in [1.29, 1.82) is 0 Å². The number of hydrogen-bond acceptors (Lipinski definition) is 2. The van der Waals surface area contributed by atoms with Gasteiger partial charge in [-0.25, -0.2) is 0 Å². The summed E-state index contributed by atoms with van der Waals surface area (Å²) in [6.45, 7) is 4.89. The van der Waals surface area contributed by atoms with Crippen LogP contribution in [0.4, 0.5) is 0 Å². The van der Waals surface area contributed by atoms with Crippen molar-refractivity contribution < 1.29 is 0 Å². The molecule has 0 amide bonds. The highest BCUT2D eigenvalue weighted by Gasteiger charge is 2.06. The van der Waals surface area contributed by atoms with Gasteiger partial charge in [0.25, 0.3) is 0 Å². The Morgan fingerprint density at radius 2 is 2.78 bits per heavy atom. The molecule has 0 spiro atoms. The highest BCUT2D eigenvalue weighted by Crippen LogP contribution is 2.02. The highest BCUT2D eigenvalue weighted by molar-refractivity contribution is 5.12. The average molecular weight is 121 g/mol. The van der Waals surface area contributed by atoms with E-state index < -0.39 is 0 Å². The summed E-state index contributed by atoms with van der Waals surface area (Å²) in [7, 11) is 0. The number of rotatable bonds is 0. The molecule has 0 saturated carbocycles. The largest absolute Gasteiger partial charge is 0.300 e. The second kappa shape index (κ2) is 1.84. The Balaban J connectivity index is 2.39. The molecule has 0 aromatic carbocycles. The van der Waals surface area contributed by atoms with Crippen LogP contribution >= 0.6 is 0 Å². The van der Waals surface area contributed by atoms with Crippen molar-refractivity contribution in [3.05, 3.63) is 24.5 Å². The third-order valence-corrected chi connectivity index (χ3v) is 1.38. The van der Waals surface area contributed by atoms with Gasteiger partial charge in [-0.1, -0.05) is 0 Å². The molecule has 3 heteroatoms. The van der Waals surface area contributed by atoms with Crippen molar-refractivity contribution in [3.8, 4) is 0 Å². The van der Waals surface area contributed by atoms with E-state index in [9.17, 15) is 0 Å². The molecule has 0 saturated heterocycles. The number of fused-ring (bicyclic) bond motifs is 1. The zero-order valence-corrected chi connectivity index (χ0v) is 4.96. The maximum atomic E-state index is 4.07. The number of hydrogen-bond donors (Lipinski definition) is 1. The quantitative estimate of drug-likeness (QED) is 0.518. The van der Waals surface area contributed by atoms with Gasteiger partial charge >= 0.3 is 0 Å². The molecule has 0 bridgehead atoms. The van der Waals surface area contributed by atoms with Crippen LogP contribution in [-0.2, 0) is 6.54 Å². The minimum atomic E-state index is 0.939. The molecule has 0 fully saturated rings. The Hall–Kier alpha value is -0.830. The van der Waals surface area contributed by atoms with E-state index in [-0.39, 0.29) is 0 Å². The smallest absolute Gasteiger partial charge is 0.114 e. The molecule has 46 valence electrons. The van der Waals surface area contributed by atoms with Crippen molar-refractivity contribution in [2.45, 2.75) is 6.54 Å². The lowest BCUT2D eigenvalue weighted by molar-refractivity contribution is 0.532. The monoisotopic (exact) mass is 121 g/mol. The van der Waals surface area contributed by atoms with Gasteiger partial charge in [-0.3, -0.25) is 4.68 Å². The molecule has 2 radical (unpaired) electrons. The minimum Gasteiger partial charge on any atom is -0.300 e. The fourth-order valence-corrected chi connectivity index (χ4v) is 0.932. The van der Waals surface area contributed by atoms with Crippen molar-refractivity contribution in [2.75, 3.05) is 6.54 Å². The van der Waals surface area contributed by atoms with Crippen LogP contribution in [0.5, 0.6) is 0 Å². The molecule has 1 aromatic heterocycles. The van der Waals surface area contributed by atoms with Crippen LogP contribution in [0.1, 0.15) is 5.69 Å². The van der Waals surface area contributed by atoms with Gasteiger partial charge in [-0.15, -0.1) is 0 Å². The third-order valence-electron chi connectivity index (χ3n) is 1.38. The molecule has 0 aliphatic carbocycles. The van der Waals surface area contributed by atoms with Gasteiger partial charge < -0.3 is 5.32 Å². The second-order valence-corrected chi connectivity index (χ2v) is 1.99. The first-order chi connectivity index (χ1) is 4.47. The molecule has 1 aromatic rings. The molecule has 9 heavy (non-hydrogen) atoms. The van der Waals surface area contributed by atoms with Crippen LogP contribution < -0.4 is 5.32 Å². The van der Waals surface area contributed by atoms with Gasteiger partial charge in [0.1, 0.15) is 6.54 Å². The molecular formula is C6H7N3. The van der Waals surface area contributed by atoms with Crippen LogP contribution in [0.3, 0.4) is 0 Å². The first-order valence-corrected chi connectivity index (χ1v) is 2.97. The fourth-order valence-electron chi connectivity index (χ4n) is 0.932. The van der Waals surface area contributed by atoms with E-state index in [0.717, 1.165) is 18.8 Å². The number of nitrogens with one attached hydrogen (secondary N) is 1. The summed E-state index contributed by atoms with van der Waals surface area (Å²) in [5, 5.41) is 7.09. The first-order valence-electron chi connectivity index (χ1n) is 2.97. The summed E-state index contributed by atoms with van der Waals surface area (Å²) in [6, 6.07) is 1.94. The number of nitrogens with zero attached hydrogens (tertiary/aromatic N) is 2. The summed E-state index contributed by atoms with van der Waals surface area (Å²) < 4.78 is 1.93. The van der Waals surface area contributed by atoms with E-state index >= 15 is 0 Å². The van der Waals surface area contributed by atoms with Crippen LogP contribution in [0.15, 0.2) is 12.3 Å².